The number of nitrogens with two attached hydrogens (primary N) is 1. The third-order valence-electron chi connectivity index (χ3n) is 4.53. The number of anilines is 1. The molecule has 0 aliphatic carbocycles. The van der Waals surface area contributed by atoms with Gasteiger partial charge >= 0.3 is 0 Å². The molecule has 0 saturated carbocycles. The van der Waals surface area contributed by atoms with Crippen LogP contribution in [0.1, 0.15) is 23.0 Å². The number of benzene rings is 2. The molecular formula is C19H16BrFN4O2S. The SMILES string of the molecule is Cc1cc(N2C(S(=O)(=O)c3ccc(F)cc3)=Cc3c(Br)cccc3C2N)n[nH]1. The first-order chi connectivity index (χ1) is 13.3. The smallest absolute Gasteiger partial charge is 0.222 e. The molecule has 9 heteroatoms. The second-order valence-electron chi connectivity index (χ2n) is 6.41. The number of aromatic amines is 1. The standard InChI is InChI=1S/C19H16BrFN4O2S/c1-11-9-17(24-23-11)25-18(28(26,27)13-7-5-12(21)6-8-13)10-15-14(19(25)22)3-2-4-16(15)20/h2-10,19H,22H2,1H3,(H,23,24). The normalized spacial score (nSPS) is 16.6. The van der Waals surface area contributed by atoms with Crippen molar-refractivity contribution >= 4 is 37.7 Å². The van der Waals surface area contributed by atoms with Crippen molar-refractivity contribution < 1.29 is 12.8 Å². The van der Waals surface area contributed by atoms with E-state index in [0.29, 0.717) is 11.4 Å². The number of halogens is 2. The van der Waals surface area contributed by atoms with Crippen molar-refractivity contribution in [3.8, 4) is 0 Å². The van der Waals surface area contributed by atoms with Crippen LogP contribution in [0.5, 0.6) is 0 Å². The number of hydrogen-bond acceptors (Lipinski definition) is 5. The van der Waals surface area contributed by atoms with Gasteiger partial charge in [0.2, 0.25) is 9.84 Å². The van der Waals surface area contributed by atoms with Gasteiger partial charge < -0.3 is 5.73 Å². The molecule has 0 fully saturated rings. The van der Waals surface area contributed by atoms with Crippen LogP contribution < -0.4 is 10.6 Å². The van der Waals surface area contributed by atoms with Gasteiger partial charge in [0.15, 0.2) is 5.82 Å². The largest absolute Gasteiger partial charge is 0.307 e. The van der Waals surface area contributed by atoms with Crippen LogP contribution in [0.2, 0.25) is 0 Å². The number of rotatable bonds is 3. The van der Waals surface area contributed by atoms with Gasteiger partial charge in [-0.1, -0.05) is 28.1 Å². The third kappa shape index (κ3) is 3.05. The van der Waals surface area contributed by atoms with Gasteiger partial charge in [0.05, 0.1) is 4.90 Å². The predicted molar refractivity (Wildman–Crippen MR) is 108 cm³/mol. The molecule has 0 saturated heterocycles. The molecule has 0 radical (unpaired) electrons. The minimum Gasteiger partial charge on any atom is -0.307 e. The average molecular weight is 463 g/mol. The maximum Gasteiger partial charge on any atom is 0.222 e. The Balaban J connectivity index is 1.97. The number of nitrogens with one attached hydrogen (secondary N) is 1. The lowest BCUT2D eigenvalue weighted by atomic mass is 10.0. The van der Waals surface area contributed by atoms with Crippen molar-refractivity contribution in [2.45, 2.75) is 18.0 Å². The van der Waals surface area contributed by atoms with Crippen molar-refractivity contribution in [3.05, 3.63) is 80.7 Å². The number of nitrogens with zero attached hydrogens (tertiary/aromatic N) is 2. The Bertz CT molecular complexity index is 1190. The first kappa shape index (κ1) is 18.9. The van der Waals surface area contributed by atoms with E-state index in [-0.39, 0.29) is 9.92 Å². The Morgan fingerprint density at radius 3 is 2.57 bits per heavy atom. The maximum atomic E-state index is 13.4. The molecule has 1 aliphatic rings. The summed E-state index contributed by atoms with van der Waals surface area (Å²) in [6.07, 6.45) is 0.788. The lowest BCUT2D eigenvalue weighted by Crippen LogP contribution is -2.39. The summed E-state index contributed by atoms with van der Waals surface area (Å²) in [5.74, 6) is -0.131. The summed E-state index contributed by atoms with van der Waals surface area (Å²) in [6, 6.07) is 11.9. The van der Waals surface area contributed by atoms with Gasteiger partial charge in [0.1, 0.15) is 17.0 Å². The van der Waals surface area contributed by atoms with Crippen LogP contribution in [-0.4, -0.2) is 18.6 Å². The fourth-order valence-electron chi connectivity index (χ4n) is 3.16. The molecule has 1 aliphatic heterocycles. The minimum atomic E-state index is -3.99. The average Bonchev–Trinajstić information content (AvgIpc) is 3.08. The Kier molecular flexibility index (Phi) is 4.60. The van der Waals surface area contributed by atoms with E-state index in [1.165, 1.54) is 17.0 Å². The zero-order chi connectivity index (χ0) is 20.1. The van der Waals surface area contributed by atoms with Crippen molar-refractivity contribution in [1.82, 2.24) is 10.2 Å². The highest BCUT2D eigenvalue weighted by molar-refractivity contribution is 9.10. The van der Waals surface area contributed by atoms with E-state index in [1.54, 1.807) is 12.1 Å². The molecule has 28 heavy (non-hydrogen) atoms. The molecule has 144 valence electrons. The number of fused-ring (bicyclic) bond motifs is 1. The summed E-state index contributed by atoms with van der Waals surface area (Å²) in [4.78, 5) is 1.44. The second kappa shape index (κ2) is 6.84. The lowest BCUT2D eigenvalue weighted by molar-refractivity contribution is 0.593. The van der Waals surface area contributed by atoms with Crippen LogP contribution in [-0.2, 0) is 9.84 Å². The Hall–Kier alpha value is -2.49. The van der Waals surface area contributed by atoms with E-state index < -0.39 is 21.8 Å². The van der Waals surface area contributed by atoms with Crippen LogP contribution >= 0.6 is 15.9 Å². The highest BCUT2D eigenvalue weighted by Crippen LogP contribution is 2.41. The fraction of sp³-hybridized carbons (Fsp3) is 0.105. The van der Waals surface area contributed by atoms with Crippen LogP contribution in [0.4, 0.5) is 10.2 Å². The van der Waals surface area contributed by atoms with Crippen molar-refractivity contribution in [2.75, 3.05) is 4.90 Å². The monoisotopic (exact) mass is 462 g/mol. The molecule has 1 unspecified atom stereocenters. The number of hydrogen-bond donors (Lipinski definition) is 2. The van der Waals surface area contributed by atoms with Gasteiger partial charge in [-0.3, -0.25) is 10.00 Å². The Morgan fingerprint density at radius 1 is 1.21 bits per heavy atom. The van der Waals surface area contributed by atoms with E-state index in [1.807, 2.05) is 25.1 Å². The molecule has 0 bridgehead atoms. The molecule has 1 atom stereocenters. The molecule has 1 aromatic heterocycles. The lowest BCUT2D eigenvalue weighted by Gasteiger charge is -2.35. The van der Waals surface area contributed by atoms with E-state index >= 15 is 0 Å². The molecule has 0 amide bonds. The number of aryl methyl sites for hydroxylation is 1. The van der Waals surface area contributed by atoms with Crippen molar-refractivity contribution in [3.63, 3.8) is 0 Å². The summed E-state index contributed by atoms with van der Waals surface area (Å²) in [5.41, 5.74) is 8.68. The molecule has 6 nitrogen and oxygen atoms in total. The second-order valence-corrected chi connectivity index (χ2v) is 9.16. The van der Waals surface area contributed by atoms with Gasteiger partial charge in [-0.15, -0.1) is 0 Å². The molecule has 4 rings (SSSR count). The number of aromatic nitrogens is 2. The van der Waals surface area contributed by atoms with Crippen molar-refractivity contribution in [2.24, 2.45) is 5.73 Å². The maximum absolute atomic E-state index is 13.4. The van der Waals surface area contributed by atoms with Crippen LogP contribution in [0.3, 0.4) is 0 Å². The highest BCUT2D eigenvalue weighted by atomic mass is 79.9. The van der Waals surface area contributed by atoms with E-state index in [9.17, 15) is 12.8 Å². The quantitative estimate of drug-likeness (QED) is 0.576. The molecular weight excluding hydrogens is 447 g/mol. The number of H-pyrrole nitrogens is 1. The van der Waals surface area contributed by atoms with Gasteiger partial charge in [-0.2, -0.15) is 5.10 Å². The fourth-order valence-corrected chi connectivity index (χ4v) is 5.13. The topological polar surface area (TPSA) is 92.1 Å². The summed E-state index contributed by atoms with van der Waals surface area (Å²) in [5, 5.41) is 6.98. The summed E-state index contributed by atoms with van der Waals surface area (Å²) in [7, 11) is -3.99. The van der Waals surface area contributed by atoms with Crippen LogP contribution in [0.25, 0.3) is 6.08 Å². The van der Waals surface area contributed by atoms with E-state index in [4.69, 9.17) is 5.73 Å². The Labute approximate surface area is 169 Å². The summed E-state index contributed by atoms with van der Waals surface area (Å²) in [6.45, 7) is 1.81. The molecule has 3 aromatic rings. The first-order valence-electron chi connectivity index (χ1n) is 8.36. The van der Waals surface area contributed by atoms with Crippen molar-refractivity contribution in [1.29, 1.82) is 0 Å². The van der Waals surface area contributed by atoms with Gasteiger partial charge in [0.25, 0.3) is 0 Å². The van der Waals surface area contributed by atoms with Crippen LogP contribution in [0, 0.1) is 12.7 Å². The Morgan fingerprint density at radius 2 is 1.93 bits per heavy atom. The third-order valence-corrected chi connectivity index (χ3v) is 6.98. The molecule has 2 heterocycles. The molecule has 2 aromatic carbocycles. The first-order valence-corrected chi connectivity index (χ1v) is 10.6. The van der Waals surface area contributed by atoms with Gasteiger partial charge in [0, 0.05) is 16.2 Å². The zero-order valence-corrected chi connectivity index (χ0v) is 17.1. The highest BCUT2D eigenvalue weighted by Gasteiger charge is 2.36. The number of sulfone groups is 1. The summed E-state index contributed by atoms with van der Waals surface area (Å²) >= 11 is 3.46. The van der Waals surface area contributed by atoms with Crippen LogP contribution in [0.15, 0.2) is 62.9 Å². The van der Waals surface area contributed by atoms with E-state index in [2.05, 4.69) is 26.1 Å². The molecule has 3 N–H and O–H groups in total. The van der Waals surface area contributed by atoms with E-state index in [0.717, 1.165) is 27.9 Å². The minimum absolute atomic E-state index is 0.0277. The molecule has 0 spiro atoms. The predicted octanol–water partition coefficient (Wildman–Crippen LogP) is 3.87. The zero-order valence-electron chi connectivity index (χ0n) is 14.7. The summed E-state index contributed by atoms with van der Waals surface area (Å²) < 4.78 is 40.9. The van der Waals surface area contributed by atoms with Gasteiger partial charge in [-0.25, -0.2) is 12.8 Å². The van der Waals surface area contributed by atoms with Gasteiger partial charge in [-0.05, 0) is 54.5 Å².